The lowest BCUT2D eigenvalue weighted by Crippen LogP contribution is -2.20. The molecule has 0 saturated heterocycles. The van der Waals surface area contributed by atoms with Gasteiger partial charge in [0.1, 0.15) is 19.0 Å². The molecule has 20 heavy (non-hydrogen) atoms. The molecule has 4 nitrogen and oxygen atoms in total. The van der Waals surface area contributed by atoms with Gasteiger partial charge in [-0.25, -0.2) is 0 Å². The van der Waals surface area contributed by atoms with E-state index in [0.717, 1.165) is 22.6 Å². The molecule has 1 atom stereocenters. The maximum absolute atomic E-state index is 6.39. The number of aryl methyl sites for hydroxylation is 1. The van der Waals surface area contributed by atoms with Crippen molar-refractivity contribution < 1.29 is 13.9 Å². The van der Waals surface area contributed by atoms with Crippen LogP contribution in [0.4, 0.5) is 0 Å². The molecule has 2 aromatic rings. The van der Waals surface area contributed by atoms with E-state index in [1.807, 2.05) is 26.1 Å². The molecule has 0 aliphatic carbocycles. The number of hydrogen-bond acceptors (Lipinski definition) is 4. The summed E-state index contributed by atoms with van der Waals surface area (Å²) in [5, 5.41) is 3.86. The molecule has 1 aromatic carbocycles. The molecule has 0 amide bonds. The summed E-state index contributed by atoms with van der Waals surface area (Å²) in [6, 6.07) is 5.54. The smallest absolute Gasteiger partial charge is 0.162 e. The van der Waals surface area contributed by atoms with E-state index in [4.69, 9.17) is 25.5 Å². The molecule has 1 N–H and O–H groups in total. The van der Waals surface area contributed by atoms with Crippen LogP contribution in [0.15, 0.2) is 28.9 Å². The third kappa shape index (κ3) is 2.25. The maximum atomic E-state index is 6.39. The first kappa shape index (κ1) is 13.3. The Morgan fingerprint density at radius 1 is 1.20 bits per heavy atom. The molecule has 1 aliphatic rings. The fourth-order valence-electron chi connectivity index (χ4n) is 2.41. The van der Waals surface area contributed by atoms with Gasteiger partial charge in [-0.05, 0) is 37.2 Å². The third-order valence-corrected chi connectivity index (χ3v) is 3.75. The van der Waals surface area contributed by atoms with Crippen LogP contribution in [0.3, 0.4) is 0 Å². The first-order chi connectivity index (χ1) is 9.70. The van der Waals surface area contributed by atoms with E-state index in [9.17, 15) is 0 Å². The largest absolute Gasteiger partial charge is 0.486 e. The molecule has 2 heterocycles. The van der Waals surface area contributed by atoms with Crippen LogP contribution in [-0.2, 0) is 0 Å². The SMILES string of the molecule is CNC(c1cc2c(cc1Cl)OCCO2)c1occc1C. The second-order valence-corrected chi connectivity index (χ2v) is 5.11. The van der Waals surface area contributed by atoms with Crippen molar-refractivity contribution in [3.63, 3.8) is 0 Å². The summed E-state index contributed by atoms with van der Waals surface area (Å²) in [5.74, 6) is 2.27. The standard InChI is InChI=1S/C15H16ClNO3/c1-9-3-4-20-15(9)14(17-2)10-7-12-13(8-11(10)16)19-6-5-18-12/h3-4,7-8,14,17H,5-6H2,1-2H3. The van der Waals surface area contributed by atoms with E-state index >= 15 is 0 Å². The summed E-state index contributed by atoms with van der Waals surface area (Å²) in [5.41, 5.74) is 1.99. The van der Waals surface area contributed by atoms with Crippen LogP contribution in [-0.4, -0.2) is 20.3 Å². The number of furan rings is 1. The molecule has 1 unspecified atom stereocenters. The third-order valence-electron chi connectivity index (χ3n) is 3.43. The summed E-state index contributed by atoms with van der Waals surface area (Å²) in [6.45, 7) is 3.11. The zero-order chi connectivity index (χ0) is 14.1. The minimum atomic E-state index is -0.117. The molecular weight excluding hydrogens is 278 g/mol. The van der Waals surface area contributed by atoms with E-state index in [2.05, 4.69) is 5.32 Å². The number of ether oxygens (including phenoxy) is 2. The van der Waals surface area contributed by atoms with Gasteiger partial charge in [0.15, 0.2) is 11.5 Å². The molecule has 5 heteroatoms. The number of halogens is 1. The lowest BCUT2D eigenvalue weighted by Gasteiger charge is -2.22. The van der Waals surface area contributed by atoms with Crippen molar-refractivity contribution >= 4 is 11.6 Å². The van der Waals surface area contributed by atoms with Gasteiger partial charge in [-0.1, -0.05) is 11.6 Å². The molecular formula is C15H16ClNO3. The van der Waals surface area contributed by atoms with E-state index in [1.54, 1.807) is 12.3 Å². The molecule has 0 fully saturated rings. The lowest BCUT2D eigenvalue weighted by molar-refractivity contribution is 0.171. The van der Waals surface area contributed by atoms with Crippen LogP contribution in [0.5, 0.6) is 11.5 Å². The Morgan fingerprint density at radius 3 is 2.50 bits per heavy atom. The quantitative estimate of drug-likeness (QED) is 0.943. The van der Waals surface area contributed by atoms with Crippen molar-refractivity contribution in [3.8, 4) is 11.5 Å². The van der Waals surface area contributed by atoms with Crippen LogP contribution < -0.4 is 14.8 Å². The highest BCUT2D eigenvalue weighted by atomic mass is 35.5. The van der Waals surface area contributed by atoms with Gasteiger partial charge < -0.3 is 19.2 Å². The van der Waals surface area contributed by atoms with Crippen molar-refractivity contribution in [2.24, 2.45) is 0 Å². The Balaban J connectivity index is 2.06. The topological polar surface area (TPSA) is 43.6 Å². The molecule has 1 aliphatic heterocycles. The zero-order valence-corrected chi connectivity index (χ0v) is 12.2. The van der Waals surface area contributed by atoms with Crippen LogP contribution in [0.25, 0.3) is 0 Å². The highest BCUT2D eigenvalue weighted by Gasteiger charge is 2.23. The fourth-order valence-corrected chi connectivity index (χ4v) is 2.67. The normalized spacial score (nSPS) is 15.2. The minimum Gasteiger partial charge on any atom is -0.486 e. The number of rotatable bonds is 3. The average Bonchev–Trinajstić information content (AvgIpc) is 2.87. The second-order valence-electron chi connectivity index (χ2n) is 4.71. The van der Waals surface area contributed by atoms with E-state index in [1.165, 1.54) is 0 Å². The van der Waals surface area contributed by atoms with Gasteiger partial charge in [-0.3, -0.25) is 0 Å². The Hall–Kier alpha value is -1.65. The first-order valence-corrected chi connectivity index (χ1v) is 6.89. The van der Waals surface area contributed by atoms with E-state index in [-0.39, 0.29) is 6.04 Å². The molecule has 0 bridgehead atoms. The highest BCUT2D eigenvalue weighted by Crippen LogP contribution is 2.39. The van der Waals surface area contributed by atoms with Gasteiger partial charge in [0.05, 0.1) is 12.3 Å². The molecule has 1 aromatic heterocycles. The van der Waals surface area contributed by atoms with Crippen molar-refractivity contribution in [2.75, 3.05) is 20.3 Å². The molecule has 106 valence electrons. The summed E-state index contributed by atoms with van der Waals surface area (Å²) in [6.07, 6.45) is 1.68. The van der Waals surface area contributed by atoms with Crippen LogP contribution in [0.1, 0.15) is 22.9 Å². The average molecular weight is 294 g/mol. The van der Waals surface area contributed by atoms with E-state index in [0.29, 0.717) is 24.0 Å². The Kier molecular flexibility index (Phi) is 3.59. The molecule has 0 spiro atoms. The van der Waals surface area contributed by atoms with Crippen LogP contribution in [0, 0.1) is 6.92 Å². The van der Waals surface area contributed by atoms with Crippen LogP contribution >= 0.6 is 11.6 Å². The predicted octanol–water partition coefficient (Wildman–Crippen LogP) is 3.32. The number of nitrogens with one attached hydrogen (secondary N) is 1. The van der Waals surface area contributed by atoms with Crippen molar-refractivity contribution in [1.82, 2.24) is 5.32 Å². The lowest BCUT2D eigenvalue weighted by atomic mass is 10.0. The minimum absolute atomic E-state index is 0.117. The molecule has 0 radical (unpaired) electrons. The summed E-state index contributed by atoms with van der Waals surface area (Å²) in [4.78, 5) is 0. The maximum Gasteiger partial charge on any atom is 0.162 e. The monoisotopic (exact) mass is 293 g/mol. The van der Waals surface area contributed by atoms with E-state index < -0.39 is 0 Å². The molecule has 3 rings (SSSR count). The Morgan fingerprint density at radius 2 is 1.90 bits per heavy atom. The summed E-state index contributed by atoms with van der Waals surface area (Å²) >= 11 is 6.39. The summed E-state index contributed by atoms with van der Waals surface area (Å²) < 4.78 is 16.7. The highest BCUT2D eigenvalue weighted by molar-refractivity contribution is 6.31. The Labute approximate surface area is 122 Å². The Bertz CT molecular complexity index is 624. The van der Waals surface area contributed by atoms with Crippen molar-refractivity contribution in [2.45, 2.75) is 13.0 Å². The molecule has 0 saturated carbocycles. The van der Waals surface area contributed by atoms with Gasteiger partial charge >= 0.3 is 0 Å². The number of fused-ring (bicyclic) bond motifs is 1. The first-order valence-electron chi connectivity index (χ1n) is 6.51. The van der Waals surface area contributed by atoms with Crippen molar-refractivity contribution in [3.05, 3.63) is 46.4 Å². The van der Waals surface area contributed by atoms with Gasteiger partial charge in [0.2, 0.25) is 0 Å². The second kappa shape index (κ2) is 5.38. The zero-order valence-electron chi connectivity index (χ0n) is 11.4. The number of benzene rings is 1. The summed E-state index contributed by atoms with van der Waals surface area (Å²) in [7, 11) is 1.87. The fraction of sp³-hybridized carbons (Fsp3) is 0.333. The predicted molar refractivity (Wildman–Crippen MR) is 76.8 cm³/mol. The van der Waals surface area contributed by atoms with Crippen LogP contribution in [0.2, 0.25) is 5.02 Å². The number of hydrogen-bond donors (Lipinski definition) is 1. The van der Waals surface area contributed by atoms with Gasteiger partial charge in [0.25, 0.3) is 0 Å². The van der Waals surface area contributed by atoms with Gasteiger partial charge in [-0.2, -0.15) is 0 Å². The van der Waals surface area contributed by atoms with Crippen molar-refractivity contribution in [1.29, 1.82) is 0 Å². The van der Waals surface area contributed by atoms with Gasteiger partial charge in [0, 0.05) is 11.1 Å². The van der Waals surface area contributed by atoms with Gasteiger partial charge in [-0.15, -0.1) is 0 Å².